The number of rotatable bonds is 5. The van der Waals surface area contributed by atoms with Crippen LogP contribution in [0.2, 0.25) is 0 Å². The molecule has 232 valence electrons. The van der Waals surface area contributed by atoms with E-state index in [1.807, 2.05) is 30.3 Å². The first kappa shape index (κ1) is 28.3. The van der Waals surface area contributed by atoms with Gasteiger partial charge in [-0.3, -0.25) is 4.98 Å². The summed E-state index contributed by atoms with van der Waals surface area (Å²) in [5, 5.41) is 14.1. The van der Waals surface area contributed by atoms with Crippen LogP contribution >= 0.6 is 0 Å². The van der Waals surface area contributed by atoms with Crippen molar-refractivity contribution in [1.82, 2.24) is 15.2 Å². The summed E-state index contributed by atoms with van der Waals surface area (Å²) in [7, 11) is 0. The largest absolute Gasteiger partial charge is 0.255 e. The predicted molar refractivity (Wildman–Crippen MR) is 206 cm³/mol. The number of benzene rings is 7. The van der Waals surface area contributed by atoms with Crippen LogP contribution in [0, 0.1) is 0 Å². The van der Waals surface area contributed by atoms with Gasteiger partial charge in [-0.15, -0.1) is 10.2 Å². The van der Waals surface area contributed by atoms with Crippen molar-refractivity contribution in [2.45, 2.75) is 0 Å². The summed E-state index contributed by atoms with van der Waals surface area (Å²) < 4.78 is 0. The lowest BCUT2D eigenvalue weighted by molar-refractivity contribution is 1.04. The summed E-state index contributed by atoms with van der Waals surface area (Å²) in [6.07, 6.45) is 1.77. The first-order valence-corrected chi connectivity index (χ1v) is 17.0. The Kier molecular flexibility index (Phi) is 6.49. The standard InChI is InChI=1S/C47H29N3/c1-3-12-32(13-4-1)43-36-16-7-8-17-37(36)44(33-14-5-2-6-15-33)47-39-26-25-34(35-18-11-19-38(45(35)39)46(43)47)30-21-23-31(24-22-30)40-27-28-42(50-49-40)41-20-9-10-29-48-41/h1-29H. The van der Waals surface area contributed by atoms with Crippen LogP contribution in [0.4, 0.5) is 0 Å². The summed E-state index contributed by atoms with van der Waals surface area (Å²) in [6, 6.07) is 60.6. The molecule has 1 aliphatic rings. The molecule has 2 aromatic heterocycles. The number of hydrogen-bond donors (Lipinski definition) is 0. The second-order valence-electron chi connectivity index (χ2n) is 12.8. The van der Waals surface area contributed by atoms with Crippen LogP contribution in [0.5, 0.6) is 0 Å². The van der Waals surface area contributed by atoms with E-state index in [2.05, 4.69) is 155 Å². The van der Waals surface area contributed by atoms with Crippen molar-refractivity contribution in [2.24, 2.45) is 0 Å². The fourth-order valence-electron chi connectivity index (χ4n) is 7.82. The van der Waals surface area contributed by atoms with E-state index in [0.717, 1.165) is 22.6 Å². The molecule has 0 saturated carbocycles. The van der Waals surface area contributed by atoms with E-state index in [-0.39, 0.29) is 0 Å². The highest BCUT2D eigenvalue weighted by atomic mass is 15.1. The number of aromatic nitrogens is 3. The van der Waals surface area contributed by atoms with Gasteiger partial charge in [-0.05, 0) is 101 Å². The van der Waals surface area contributed by atoms with Crippen molar-refractivity contribution in [2.75, 3.05) is 0 Å². The van der Waals surface area contributed by atoms with Gasteiger partial charge in [-0.25, -0.2) is 0 Å². The van der Waals surface area contributed by atoms with Crippen LogP contribution in [0.3, 0.4) is 0 Å². The van der Waals surface area contributed by atoms with Crippen LogP contribution in [-0.2, 0) is 0 Å². The molecule has 0 N–H and O–H groups in total. The number of pyridine rings is 1. The normalized spacial score (nSPS) is 11.6. The van der Waals surface area contributed by atoms with Gasteiger partial charge in [0.2, 0.25) is 0 Å². The fourth-order valence-corrected chi connectivity index (χ4v) is 7.82. The van der Waals surface area contributed by atoms with Gasteiger partial charge in [-0.1, -0.05) is 146 Å². The summed E-state index contributed by atoms with van der Waals surface area (Å²) in [5.41, 5.74) is 16.1. The molecule has 0 bridgehead atoms. The Bertz CT molecular complexity index is 2610. The lowest BCUT2D eigenvalue weighted by Gasteiger charge is -2.20. The Hall–Kier alpha value is -6.71. The SMILES string of the molecule is c1ccc(-c2c3c(c(-c4ccccc4)c4ccccc24)-c2ccc(-c4ccc(-c5ccc(-c6ccccn6)nn5)cc4)c4cccc-3c24)cc1. The van der Waals surface area contributed by atoms with Crippen molar-refractivity contribution in [1.29, 1.82) is 0 Å². The van der Waals surface area contributed by atoms with Gasteiger partial charge in [0.1, 0.15) is 5.69 Å². The van der Waals surface area contributed by atoms with Crippen LogP contribution in [0.1, 0.15) is 0 Å². The van der Waals surface area contributed by atoms with Crippen molar-refractivity contribution in [3.8, 4) is 78.3 Å². The van der Waals surface area contributed by atoms with Gasteiger partial charge in [0.15, 0.2) is 0 Å². The highest BCUT2D eigenvalue weighted by Crippen LogP contribution is 2.58. The van der Waals surface area contributed by atoms with Gasteiger partial charge in [0, 0.05) is 11.8 Å². The third-order valence-corrected chi connectivity index (χ3v) is 10.0. The molecule has 0 fully saturated rings. The Morgan fingerprint density at radius 2 is 0.820 bits per heavy atom. The Labute approximate surface area is 290 Å². The highest BCUT2D eigenvalue weighted by Gasteiger charge is 2.31. The van der Waals surface area contributed by atoms with E-state index < -0.39 is 0 Å². The fraction of sp³-hybridized carbons (Fsp3) is 0. The van der Waals surface area contributed by atoms with E-state index in [1.165, 1.54) is 77.2 Å². The maximum atomic E-state index is 4.53. The first-order valence-electron chi connectivity index (χ1n) is 17.0. The quantitative estimate of drug-likeness (QED) is 0.189. The highest BCUT2D eigenvalue weighted by molar-refractivity contribution is 6.28. The molecular weight excluding hydrogens is 607 g/mol. The zero-order valence-electron chi connectivity index (χ0n) is 27.1. The third-order valence-electron chi connectivity index (χ3n) is 10.0. The van der Waals surface area contributed by atoms with Gasteiger partial charge in [0.25, 0.3) is 0 Å². The van der Waals surface area contributed by atoms with Crippen LogP contribution in [0.25, 0.3) is 99.8 Å². The summed E-state index contributed by atoms with van der Waals surface area (Å²) in [6.45, 7) is 0. The van der Waals surface area contributed by atoms with E-state index in [9.17, 15) is 0 Å². The molecule has 9 aromatic rings. The molecule has 3 nitrogen and oxygen atoms in total. The van der Waals surface area contributed by atoms with E-state index >= 15 is 0 Å². The Balaban J connectivity index is 1.15. The van der Waals surface area contributed by atoms with E-state index in [4.69, 9.17) is 0 Å². The lowest BCUT2D eigenvalue weighted by atomic mass is 9.82. The lowest BCUT2D eigenvalue weighted by Crippen LogP contribution is -1.93. The summed E-state index contributed by atoms with van der Waals surface area (Å²) in [4.78, 5) is 4.40. The minimum Gasteiger partial charge on any atom is -0.255 e. The van der Waals surface area contributed by atoms with Crippen molar-refractivity contribution in [3.05, 3.63) is 176 Å². The van der Waals surface area contributed by atoms with Crippen molar-refractivity contribution < 1.29 is 0 Å². The molecular formula is C47H29N3. The second kappa shape index (κ2) is 11.5. The van der Waals surface area contributed by atoms with Gasteiger partial charge in [-0.2, -0.15) is 0 Å². The molecule has 7 aromatic carbocycles. The second-order valence-corrected chi connectivity index (χ2v) is 12.8. The van der Waals surface area contributed by atoms with Crippen LogP contribution in [-0.4, -0.2) is 15.2 Å². The maximum Gasteiger partial charge on any atom is 0.111 e. The molecule has 0 spiro atoms. The molecule has 0 radical (unpaired) electrons. The van der Waals surface area contributed by atoms with Gasteiger partial charge < -0.3 is 0 Å². The molecule has 0 saturated heterocycles. The molecule has 3 heteroatoms. The molecule has 2 heterocycles. The molecule has 50 heavy (non-hydrogen) atoms. The van der Waals surface area contributed by atoms with Gasteiger partial charge in [0.05, 0.1) is 11.4 Å². The number of hydrogen-bond acceptors (Lipinski definition) is 3. The molecule has 0 amide bonds. The molecule has 0 atom stereocenters. The minimum absolute atomic E-state index is 0.763. The molecule has 0 unspecified atom stereocenters. The van der Waals surface area contributed by atoms with Gasteiger partial charge >= 0.3 is 0 Å². The van der Waals surface area contributed by atoms with Crippen LogP contribution in [0.15, 0.2) is 176 Å². The predicted octanol–water partition coefficient (Wildman–Crippen LogP) is 12.2. The minimum atomic E-state index is 0.763. The zero-order valence-corrected chi connectivity index (χ0v) is 27.1. The van der Waals surface area contributed by atoms with Crippen LogP contribution < -0.4 is 0 Å². The zero-order chi connectivity index (χ0) is 33.0. The number of fused-ring (bicyclic) bond motifs is 4. The smallest absolute Gasteiger partial charge is 0.111 e. The summed E-state index contributed by atoms with van der Waals surface area (Å²) in [5.74, 6) is 0. The first-order chi connectivity index (χ1) is 24.8. The van der Waals surface area contributed by atoms with E-state index in [1.54, 1.807) is 6.20 Å². The average Bonchev–Trinajstić information content (AvgIpc) is 3.53. The Morgan fingerprint density at radius 3 is 1.44 bits per heavy atom. The maximum absolute atomic E-state index is 4.53. The molecule has 10 rings (SSSR count). The van der Waals surface area contributed by atoms with Crippen molar-refractivity contribution >= 4 is 21.5 Å². The average molecular weight is 636 g/mol. The molecule has 0 aliphatic heterocycles. The van der Waals surface area contributed by atoms with Crippen molar-refractivity contribution in [3.63, 3.8) is 0 Å². The number of nitrogens with zero attached hydrogens (tertiary/aromatic N) is 3. The van der Waals surface area contributed by atoms with E-state index in [0.29, 0.717) is 0 Å². The third kappa shape index (κ3) is 4.41. The Morgan fingerprint density at radius 1 is 0.280 bits per heavy atom. The molecule has 1 aliphatic carbocycles. The topological polar surface area (TPSA) is 38.7 Å². The summed E-state index contributed by atoms with van der Waals surface area (Å²) >= 11 is 0. The monoisotopic (exact) mass is 635 g/mol.